The summed E-state index contributed by atoms with van der Waals surface area (Å²) in [7, 11) is 0. The quantitative estimate of drug-likeness (QED) is 0.650. The van der Waals surface area contributed by atoms with Gasteiger partial charge in [-0.05, 0) is 25.3 Å². The minimum absolute atomic E-state index is 0.194. The van der Waals surface area contributed by atoms with Crippen LogP contribution in [0.4, 0.5) is 0 Å². The van der Waals surface area contributed by atoms with E-state index < -0.39 is 0 Å². The predicted molar refractivity (Wildman–Crippen MR) is 59.5 cm³/mol. The van der Waals surface area contributed by atoms with Crippen LogP contribution < -0.4 is 0 Å². The Balaban J connectivity index is 1.97. The zero-order valence-electron chi connectivity index (χ0n) is 9.23. The Kier molecular flexibility index (Phi) is 3.16. The zero-order chi connectivity index (χ0) is 11.4. The van der Waals surface area contributed by atoms with Crippen LogP contribution >= 0.6 is 0 Å². The molecule has 0 radical (unpaired) electrons. The van der Waals surface area contributed by atoms with E-state index in [1.54, 1.807) is 11.1 Å². The molecule has 1 aromatic rings. The van der Waals surface area contributed by atoms with E-state index in [4.69, 9.17) is 0 Å². The fourth-order valence-electron chi connectivity index (χ4n) is 1.59. The molecule has 1 fully saturated rings. The summed E-state index contributed by atoms with van der Waals surface area (Å²) in [5.74, 6) is 6.51. The van der Waals surface area contributed by atoms with Crippen molar-refractivity contribution < 1.29 is 4.79 Å². The highest BCUT2D eigenvalue weighted by molar-refractivity contribution is 5.78. The monoisotopic (exact) mass is 215 g/mol. The van der Waals surface area contributed by atoms with Crippen molar-refractivity contribution in [3.8, 4) is 11.8 Å². The third-order valence-electron chi connectivity index (χ3n) is 2.44. The number of hydrogen-bond acceptors (Lipinski definition) is 3. The Bertz CT molecular complexity index is 459. The maximum atomic E-state index is 11.3. The molecular weight excluding hydrogens is 202 g/mol. The number of nitrogens with zero attached hydrogens (tertiary/aromatic N) is 3. The first-order valence-corrected chi connectivity index (χ1v) is 5.32. The average molecular weight is 215 g/mol. The van der Waals surface area contributed by atoms with Gasteiger partial charge in [0.1, 0.15) is 0 Å². The topological polar surface area (TPSA) is 46.1 Å². The zero-order valence-corrected chi connectivity index (χ0v) is 9.23. The van der Waals surface area contributed by atoms with Gasteiger partial charge in [0.2, 0.25) is 11.7 Å². The first-order chi connectivity index (χ1) is 7.75. The van der Waals surface area contributed by atoms with E-state index in [0.29, 0.717) is 18.8 Å². The lowest BCUT2D eigenvalue weighted by Gasteiger charge is -2.09. The molecule has 82 valence electrons. The molecule has 4 nitrogen and oxygen atoms in total. The molecule has 1 aliphatic rings. The molecule has 16 heavy (non-hydrogen) atoms. The second-order valence-electron chi connectivity index (χ2n) is 3.74. The van der Waals surface area contributed by atoms with E-state index in [2.05, 4.69) is 21.8 Å². The van der Waals surface area contributed by atoms with Gasteiger partial charge in [0.15, 0.2) is 0 Å². The molecule has 1 aromatic heterocycles. The highest BCUT2D eigenvalue weighted by Gasteiger charge is 2.18. The number of rotatable bonds is 1. The largest absolute Gasteiger partial charge is 0.332 e. The number of carbonyl (C=O) groups is 1. The SMILES string of the molecule is Cc1ccnc(C#CCN2CCCC2=O)n1. The van der Waals surface area contributed by atoms with Crippen molar-refractivity contribution >= 4 is 5.91 Å². The van der Waals surface area contributed by atoms with Gasteiger partial charge >= 0.3 is 0 Å². The lowest BCUT2D eigenvalue weighted by molar-refractivity contribution is -0.127. The Morgan fingerprint density at radius 2 is 2.44 bits per heavy atom. The number of aryl methyl sites for hydroxylation is 1. The molecule has 2 heterocycles. The van der Waals surface area contributed by atoms with E-state index in [9.17, 15) is 4.79 Å². The van der Waals surface area contributed by atoms with Crippen molar-refractivity contribution in [1.29, 1.82) is 0 Å². The second kappa shape index (κ2) is 4.75. The molecule has 0 atom stereocenters. The van der Waals surface area contributed by atoms with Gasteiger partial charge in [-0.15, -0.1) is 0 Å². The summed E-state index contributed by atoms with van der Waals surface area (Å²) in [4.78, 5) is 21.3. The molecular formula is C12H13N3O. The van der Waals surface area contributed by atoms with E-state index in [0.717, 1.165) is 18.7 Å². The fraction of sp³-hybridized carbons (Fsp3) is 0.417. The molecule has 1 aliphatic heterocycles. The molecule has 0 spiro atoms. The maximum absolute atomic E-state index is 11.3. The maximum Gasteiger partial charge on any atom is 0.223 e. The minimum Gasteiger partial charge on any atom is -0.332 e. The van der Waals surface area contributed by atoms with E-state index >= 15 is 0 Å². The Hall–Kier alpha value is -1.89. The third kappa shape index (κ3) is 2.57. The highest BCUT2D eigenvalue weighted by atomic mass is 16.2. The van der Waals surface area contributed by atoms with Crippen LogP contribution in [-0.2, 0) is 4.79 Å². The van der Waals surface area contributed by atoms with Crippen molar-refractivity contribution in [2.24, 2.45) is 0 Å². The van der Waals surface area contributed by atoms with Crippen molar-refractivity contribution in [2.75, 3.05) is 13.1 Å². The van der Waals surface area contributed by atoms with Crippen molar-refractivity contribution in [1.82, 2.24) is 14.9 Å². The Labute approximate surface area is 94.7 Å². The van der Waals surface area contributed by atoms with E-state index in [1.165, 1.54) is 0 Å². The van der Waals surface area contributed by atoms with Crippen LogP contribution in [0.1, 0.15) is 24.4 Å². The molecule has 0 N–H and O–H groups in total. The molecule has 0 aromatic carbocycles. The van der Waals surface area contributed by atoms with Gasteiger partial charge in [-0.25, -0.2) is 9.97 Å². The minimum atomic E-state index is 0.194. The first-order valence-electron chi connectivity index (χ1n) is 5.32. The van der Waals surface area contributed by atoms with Gasteiger partial charge in [0.05, 0.1) is 6.54 Å². The van der Waals surface area contributed by atoms with Crippen molar-refractivity contribution in [3.05, 3.63) is 23.8 Å². The Morgan fingerprint density at radius 3 is 3.12 bits per heavy atom. The second-order valence-corrected chi connectivity index (χ2v) is 3.74. The molecule has 4 heteroatoms. The summed E-state index contributed by atoms with van der Waals surface area (Å²) in [5, 5.41) is 0. The number of carbonyl (C=O) groups excluding carboxylic acids is 1. The summed E-state index contributed by atoms with van der Waals surface area (Å²) in [6, 6.07) is 1.83. The van der Waals surface area contributed by atoms with Gasteiger partial charge < -0.3 is 4.90 Å². The molecule has 0 unspecified atom stereocenters. The van der Waals surface area contributed by atoms with E-state index in [-0.39, 0.29) is 5.91 Å². The molecule has 1 amide bonds. The smallest absolute Gasteiger partial charge is 0.223 e. The third-order valence-corrected chi connectivity index (χ3v) is 2.44. The highest BCUT2D eigenvalue weighted by Crippen LogP contribution is 2.07. The van der Waals surface area contributed by atoms with Gasteiger partial charge in [-0.2, -0.15) is 0 Å². The van der Waals surface area contributed by atoms with Crippen LogP contribution in [0.25, 0.3) is 0 Å². The summed E-state index contributed by atoms with van der Waals surface area (Å²) in [5.41, 5.74) is 0.900. The van der Waals surface area contributed by atoms with Gasteiger partial charge in [-0.3, -0.25) is 4.79 Å². The predicted octanol–water partition coefficient (Wildman–Crippen LogP) is 0.759. The van der Waals surface area contributed by atoms with Crippen LogP contribution in [-0.4, -0.2) is 33.9 Å². The summed E-state index contributed by atoms with van der Waals surface area (Å²) in [6.45, 7) is 3.20. The molecule has 2 rings (SSSR count). The standard InChI is InChI=1S/C12H13N3O/c1-10-6-7-13-11(14-10)4-2-8-15-9-3-5-12(15)16/h6-7H,3,5,8-9H2,1H3. The van der Waals surface area contributed by atoms with Gasteiger partial charge in [0, 0.05) is 24.9 Å². The number of likely N-dealkylation sites (tertiary alicyclic amines) is 1. The molecule has 0 aliphatic carbocycles. The fourth-order valence-corrected chi connectivity index (χ4v) is 1.59. The van der Waals surface area contributed by atoms with Crippen LogP contribution in [0, 0.1) is 18.8 Å². The average Bonchev–Trinajstić information content (AvgIpc) is 2.65. The van der Waals surface area contributed by atoms with Crippen molar-refractivity contribution in [2.45, 2.75) is 19.8 Å². The van der Waals surface area contributed by atoms with Gasteiger partial charge in [-0.1, -0.05) is 5.92 Å². The number of hydrogen-bond donors (Lipinski definition) is 0. The number of amides is 1. The van der Waals surface area contributed by atoms with Gasteiger partial charge in [0.25, 0.3) is 0 Å². The van der Waals surface area contributed by atoms with Crippen LogP contribution in [0.3, 0.4) is 0 Å². The Morgan fingerprint density at radius 1 is 1.56 bits per heavy atom. The summed E-state index contributed by atoms with van der Waals surface area (Å²) >= 11 is 0. The van der Waals surface area contributed by atoms with Crippen molar-refractivity contribution in [3.63, 3.8) is 0 Å². The molecule has 1 saturated heterocycles. The molecule has 0 saturated carbocycles. The normalized spacial score (nSPS) is 14.8. The number of aromatic nitrogens is 2. The lowest BCUT2D eigenvalue weighted by atomic mass is 10.4. The van der Waals surface area contributed by atoms with Crippen LogP contribution in [0.2, 0.25) is 0 Å². The van der Waals surface area contributed by atoms with Crippen LogP contribution in [0.5, 0.6) is 0 Å². The summed E-state index contributed by atoms with van der Waals surface area (Å²) in [6.07, 6.45) is 3.29. The van der Waals surface area contributed by atoms with Crippen LogP contribution in [0.15, 0.2) is 12.3 Å². The first kappa shape index (κ1) is 10.6. The molecule has 0 bridgehead atoms. The van der Waals surface area contributed by atoms with E-state index in [1.807, 2.05) is 13.0 Å². The summed E-state index contributed by atoms with van der Waals surface area (Å²) < 4.78 is 0. The lowest BCUT2D eigenvalue weighted by Crippen LogP contribution is -2.24.